The summed E-state index contributed by atoms with van der Waals surface area (Å²) in [6, 6.07) is 22.4. The maximum absolute atomic E-state index is 13.2. The average molecular weight is 437 g/mol. The number of benzene rings is 3. The molecule has 0 aliphatic heterocycles. The van der Waals surface area contributed by atoms with Crippen LogP contribution in [-0.4, -0.2) is 20.7 Å². The summed E-state index contributed by atoms with van der Waals surface area (Å²) in [4.78, 5) is 17.8. The zero-order chi connectivity index (χ0) is 21.1. The molecule has 0 bridgehead atoms. The van der Waals surface area contributed by atoms with E-state index in [1.54, 1.807) is 12.1 Å². The molecule has 0 saturated heterocycles. The molecule has 0 radical (unpaired) electrons. The number of aromatic nitrogens is 3. The van der Waals surface area contributed by atoms with Crippen LogP contribution in [0.25, 0.3) is 11.4 Å². The van der Waals surface area contributed by atoms with E-state index in [9.17, 15) is 4.79 Å². The minimum absolute atomic E-state index is 0.258. The van der Waals surface area contributed by atoms with Gasteiger partial charge in [-0.2, -0.15) is 9.67 Å². The minimum atomic E-state index is -0.391. The Morgan fingerprint density at radius 2 is 1.73 bits per heavy atom. The van der Waals surface area contributed by atoms with Gasteiger partial charge in [-0.1, -0.05) is 83.4 Å². The van der Waals surface area contributed by atoms with Crippen molar-refractivity contribution >= 4 is 35.1 Å². The summed E-state index contributed by atoms with van der Waals surface area (Å²) in [5.41, 5.74) is 3.30. The van der Waals surface area contributed by atoms with Crippen LogP contribution in [0.15, 0.2) is 72.8 Å². The third-order valence-corrected chi connectivity index (χ3v) is 5.11. The van der Waals surface area contributed by atoms with Gasteiger partial charge in [-0.05, 0) is 30.7 Å². The summed E-state index contributed by atoms with van der Waals surface area (Å²) in [5.74, 6) is 0.396. The normalized spacial score (nSPS) is 10.8. The van der Waals surface area contributed by atoms with Crippen LogP contribution in [0, 0.1) is 6.92 Å². The van der Waals surface area contributed by atoms with Crippen LogP contribution < -0.4 is 5.32 Å². The zero-order valence-corrected chi connectivity index (χ0v) is 17.7. The van der Waals surface area contributed by atoms with E-state index < -0.39 is 5.91 Å². The largest absolute Gasteiger partial charge is 0.350 e. The zero-order valence-electron chi connectivity index (χ0n) is 16.1. The molecule has 0 unspecified atom stereocenters. The number of rotatable bonds is 5. The Kier molecular flexibility index (Phi) is 5.84. The summed E-state index contributed by atoms with van der Waals surface area (Å²) in [7, 11) is 0. The van der Waals surface area contributed by atoms with Gasteiger partial charge in [0.2, 0.25) is 5.95 Å². The van der Waals surface area contributed by atoms with Crippen molar-refractivity contribution in [2.45, 2.75) is 13.5 Å². The van der Waals surface area contributed by atoms with E-state index in [4.69, 9.17) is 23.2 Å². The molecular weight excluding hydrogens is 419 g/mol. The Morgan fingerprint density at radius 3 is 2.43 bits per heavy atom. The average Bonchev–Trinajstić information content (AvgIpc) is 3.17. The number of carbonyl (C=O) groups excluding carboxylic acids is 1. The summed E-state index contributed by atoms with van der Waals surface area (Å²) in [6.07, 6.45) is 0. The number of carbonyl (C=O) groups is 1. The lowest BCUT2D eigenvalue weighted by atomic mass is 10.1. The number of hydrogen-bond donors (Lipinski definition) is 1. The van der Waals surface area contributed by atoms with E-state index in [0.717, 1.165) is 16.7 Å². The Hall–Kier alpha value is -3.15. The standard InChI is InChI=1S/C23H18Cl2N4O/c1-15-7-9-17(10-8-15)21-27-23(26-14-16-5-3-2-4-6-16)29(28-21)22(30)19-12-11-18(24)13-20(19)25/h2-13H,14H2,1H3,(H,26,27,28). The highest BCUT2D eigenvalue weighted by Crippen LogP contribution is 2.24. The smallest absolute Gasteiger partial charge is 0.282 e. The van der Waals surface area contributed by atoms with Gasteiger partial charge in [0.15, 0.2) is 5.82 Å². The van der Waals surface area contributed by atoms with Gasteiger partial charge < -0.3 is 5.32 Å². The van der Waals surface area contributed by atoms with Crippen LogP contribution in [0.2, 0.25) is 10.0 Å². The molecule has 0 atom stereocenters. The first kappa shape index (κ1) is 20.1. The molecule has 150 valence electrons. The SMILES string of the molecule is Cc1ccc(-c2nc(NCc3ccccc3)n(C(=O)c3ccc(Cl)cc3Cl)n2)cc1. The number of anilines is 1. The molecule has 5 nitrogen and oxygen atoms in total. The first-order chi connectivity index (χ1) is 14.5. The maximum atomic E-state index is 13.2. The van der Waals surface area contributed by atoms with E-state index in [1.807, 2.05) is 61.5 Å². The van der Waals surface area contributed by atoms with E-state index >= 15 is 0 Å². The first-order valence-electron chi connectivity index (χ1n) is 9.33. The van der Waals surface area contributed by atoms with Gasteiger partial charge in [-0.25, -0.2) is 0 Å². The topological polar surface area (TPSA) is 59.8 Å². The Labute approximate surface area is 184 Å². The molecule has 0 saturated carbocycles. The lowest BCUT2D eigenvalue weighted by molar-refractivity contribution is 0.0947. The lowest BCUT2D eigenvalue weighted by Crippen LogP contribution is -2.18. The Morgan fingerprint density at radius 1 is 1.00 bits per heavy atom. The Balaban J connectivity index is 1.72. The number of hydrogen-bond acceptors (Lipinski definition) is 4. The quantitative estimate of drug-likeness (QED) is 0.425. The van der Waals surface area contributed by atoms with E-state index in [0.29, 0.717) is 28.9 Å². The maximum Gasteiger partial charge on any atom is 0.282 e. The number of halogens is 2. The van der Waals surface area contributed by atoms with E-state index in [2.05, 4.69) is 15.4 Å². The third kappa shape index (κ3) is 4.37. The van der Waals surface area contributed by atoms with Crippen LogP contribution in [0.4, 0.5) is 5.95 Å². The van der Waals surface area contributed by atoms with Crippen LogP contribution in [-0.2, 0) is 6.54 Å². The second kappa shape index (κ2) is 8.69. The van der Waals surface area contributed by atoms with Gasteiger partial charge in [-0.3, -0.25) is 4.79 Å². The molecule has 1 heterocycles. The third-order valence-electron chi connectivity index (χ3n) is 4.56. The first-order valence-corrected chi connectivity index (χ1v) is 10.1. The van der Waals surface area contributed by atoms with Crippen LogP contribution in [0.5, 0.6) is 0 Å². The van der Waals surface area contributed by atoms with Crippen molar-refractivity contribution in [1.29, 1.82) is 0 Å². The molecule has 4 rings (SSSR count). The number of aryl methyl sites for hydroxylation is 1. The summed E-state index contributed by atoms with van der Waals surface area (Å²) in [5, 5.41) is 8.39. The van der Waals surface area contributed by atoms with Gasteiger partial charge in [-0.15, -0.1) is 5.10 Å². The van der Waals surface area contributed by atoms with Crippen LogP contribution in [0.1, 0.15) is 21.5 Å². The highest BCUT2D eigenvalue weighted by atomic mass is 35.5. The van der Waals surface area contributed by atoms with Crippen molar-refractivity contribution in [2.75, 3.05) is 5.32 Å². The van der Waals surface area contributed by atoms with Gasteiger partial charge in [0.05, 0.1) is 10.6 Å². The van der Waals surface area contributed by atoms with Crippen molar-refractivity contribution < 1.29 is 4.79 Å². The highest BCUT2D eigenvalue weighted by Gasteiger charge is 2.21. The van der Waals surface area contributed by atoms with Crippen LogP contribution >= 0.6 is 23.2 Å². The molecule has 7 heteroatoms. The predicted octanol–water partition coefficient (Wildman–Crippen LogP) is 5.86. The van der Waals surface area contributed by atoms with E-state index in [-0.39, 0.29) is 5.02 Å². The molecule has 0 aliphatic rings. The van der Waals surface area contributed by atoms with Gasteiger partial charge in [0, 0.05) is 17.1 Å². The fourth-order valence-corrected chi connectivity index (χ4v) is 3.44. The Bertz CT molecular complexity index is 1190. The molecule has 1 aromatic heterocycles. The summed E-state index contributed by atoms with van der Waals surface area (Å²) in [6.45, 7) is 2.50. The van der Waals surface area contributed by atoms with Gasteiger partial charge >= 0.3 is 0 Å². The molecule has 0 fully saturated rings. The van der Waals surface area contributed by atoms with Crippen molar-refractivity contribution in [3.05, 3.63) is 99.5 Å². The number of nitrogens with one attached hydrogen (secondary N) is 1. The highest BCUT2D eigenvalue weighted by molar-refractivity contribution is 6.36. The minimum Gasteiger partial charge on any atom is -0.350 e. The molecule has 0 spiro atoms. The second-order valence-corrected chi connectivity index (χ2v) is 7.65. The molecule has 0 aliphatic carbocycles. The monoisotopic (exact) mass is 436 g/mol. The fourth-order valence-electron chi connectivity index (χ4n) is 2.95. The number of nitrogens with zero attached hydrogens (tertiary/aromatic N) is 3. The molecule has 3 aromatic carbocycles. The molecule has 1 N–H and O–H groups in total. The summed E-state index contributed by atoms with van der Waals surface area (Å²) >= 11 is 12.2. The van der Waals surface area contributed by atoms with Gasteiger partial charge in [0.1, 0.15) is 0 Å². The predicted molar refractivity (Wildman–Crippen MR) is 120 cm³/mol. The van der Waals surface area contributed by atoms with Crippen molar-refractivity contribution in [2.24, 2.45) is 0 Å². The van der Waals surface area contributed by atoms with E-state index in [1.165, 1.54) is 10.7 Å². The molecule has 0 amide bonds. The molecular formula is C23H18Cl2N4O. The molecule has 4 aromatic rings. The molecule has 30 heavy (non-hydrogen) atoms. The second-order valence-electron chi connectivity index (χ2n) is 6.81. The van der Waals surface area contributed by atoms with Crippen molar-refractivity contribution in [3.8, 4) is 11.4 Å². The fraction of sp³-hybridized carbons (Fsp3) is 0.0870. The lowest BCUT2D eigenvalue weighted by Gasteiger charge is -2.08. The van der Waals surface area contributed by atoms with Crippen molar-refractivity contribution in [1.82, 2.24) is 14.8 Å². The summed E-state index contributed by atoms with van der Waals surface area (Å²) < 4.78 is 1.24. The van der Waals surface area contributed by atoms with Crippen molar-refractivity contribution in [3.63, 3.8) is 0 Å². The van der Waals surface area contributed by atoms with Crippen LogP contribution in [0.3, 0.4) is 0 Å². The van der Waals surface area contributed by atoms with Gasteiger partial charge in [0.25, 0.3) is 5.91 Å².